The molecule has 0 unspecified atom stereocenters. The topological polar surface area (TPSA) is 65.0 Å². The van der Waals surface area contributed by atoms with Crippen molar-refractivity contribution in [1.82, 2.24) is 10.2 Å². The molecule has 3 rings (SSSR count). The molecule has 158 valence electrons. The molecule has 2 aromatic rings. The summed E-state index contributed by atoms with van der Waals surface area (Å²) < 4.78 is 18.7. The predicted molar refractivity (Wildman–Crippen MR) is 111 cm³/mol. The number of halogens is 1. The second-order valence-electron chi connectivity index (χ2n) is 7.70. The summed E-state index contributed by atoms with van der Waals surface area (Å²) >= 11 is 0. The van der Waals surface area contributed by atoms with Crippen molar-refractivity contribution in [3.63, 3.8) is 0 Å². The lowest BCUT2D eigenvalue weighted by Gasteiger charge is -2.30. The van der Waals surface area contributed by atoms with Crippen molar-refractivity contribution < 1.29 is 19.3 Å². The summed E-state index contributed by atoms with van der Waals surface area (Å²) in [6.45, 7) is 3.98. The monoisotopic (exact) mass is 402 g/mol. The van der Waals surface area contributed by atoms with Crippen molar-refractivity contribution in [3.8, 4) is 5.75 Å². The minimum absolute atomic E-state index is 0.202. The number of piperidine rings is 1. The van der Waals surface area contributed by atoms with Gasteiger partial charge in [-0.25, -0.2) is 4.39 Å². The summed E-state index contributed by atoms with van der Waals surface area (Å²) in [5.74, 6) is 0.536. The maximum absolute atomic E-state index is 12.9. The molecule has 1 heterocycles. The quantitative estimate of drug-likeness (QED) is 0.533. The molecule has 0 aliphatic carbocycles. The largest absolute Gasteiger partial charge is 0.491 e. The number of hydrogen-bond donors (Lipinski definition) is 3. The second kappa shape index (κ2) is 11.3. The van der Waals surface area contributed by atoms with Crippen LogP contribution in [0.1, 0.15) is 24.0 Å². The third-order valence-electron chi connectivity index (χ3n) is 5.20. The van der Waals surface area contributed by atoms with Crippen LogP contribution in [-0.4, -0.2) is 60.1 Å². The van der Waals surface area contributed by atoms with E-state index in [1.807, 2.05) is 36.4 Å². The number of likely N-dealkylation sites (tertiary alicyclic amines) is 1. The molecule has 0 spiro atoms. The molecule has 6 heteroatoms. The summed E-state index contributed by atoms with van der Waals surface area (Å²) in [7, 11) is 0. The Balaban J connectivity index is 1.35. The van der Waals surface area contributed by atoms with E-state index in [1.165, 1.54) is 12.1 Å². The van der Waals surface area contributed by atoms with Crippen LogP contribution in [0.5, 0.6) is 5.75 Å². The van der Waals surface area contributed by atoms with Gasteiger partial charge >= 0.3 is 0 Å². The second-order valence-corrected chi connectivity index (χ2v) is 7.70. The standard InChI is InChI=1S/C23H31FN2O3/c24-20-6-4-18(5-7-20)8-11-25-15-19-2-1-3-23(14-19)29-17-22(28)16-26-12-9-21(27)10-13-26/h1-7,14,21-22,25,27-28H,8-13,15-17H2/t22-/m1/s1. The van der Waals surface area contributed by atoms with E-state index in [2.05, 4.69) is 10.2 Å². The Morgan fingerprint density at radius 1 is 1.10 bits per heavy atom. The predicted octanol–water partition coefficient (Wildman–Crippen LogP) is 2.35. The van der Waals surface area contributed by atoms with Gasteiger partial charge < -0.3 is 25.2 Å². The fraction of sp³-hybridized carbons (Fsp3) is 0.478. The van der Waals surface area contributed by atoms with E-state index in [1.54, 1.807) is 0 Å². The average molecular weight is 403 g/mol. The third kappa shape index (κ3) is 7.74. The number of benzene rings is 2. The first-order valence-electron chi connectivity index (χ1n) is 10.3. The van der Waals surface area contributed by atoms with Crippen LogP contribution < -0.4 is 10.1 Å². The van der Waals surface area contributed by atoms with Crippen LogP contribution in [0.15, 0.2) is 48.5 Å². The molecule has 5 nitrogen and oxygen atoms in total. The van der Waals surface area contributed by atoms with E-state index in [4.69, 9.17) is 4.74 Å². The SMILES string of the molecule is OC1CCN(C[C@@H](O)COc2cccc(CNCCc3ccc(F)cc3)c2)CC1. The van der Waals surface area contributed by atoms with Gasteiger partial charge in [0.15, 0.2) is 0 Å². The zero-order chi connectivity index (χ0) is 20.5. The van der Waals surface area contributed by atoms with Gasteiger partial charge in [-0.1, -0.05) is 24.3 Å². The molecule has 1 atom stereocenters. The van der Waals surface area contributed by atoms with Crippen molar-refractivity contribution in [2.24, 2.45) is 0 Å². The lowest BCUT2D eigenvalue weighted by molar-refractivity contribution is 0.0337. The zero-order valence-corrected chi connectivity index (χ0v) is 16.8. The van der Waals surface area contributed by atoms with Crippen molar-refractivity contribution in [2.45, 2.75) is 38.0 Å². The Bertz CT molecular complexity index is 733. The molecular weight excluding hydrogens is 371 g/mol. The molecule has 0 radical (unpaired) electrons. The normalized spacial score (nSPS) is 16.7. The Kier molecular flexibility index (Phi) is 8.43. The van der Waals surface area contributed by atoms with Crippen molar-refractivity contribution in [1.29, 1.82) is 0 Å². The van der Waals surface area contributed by atoms with Gasteiger partial charge in [0.25, 0.3) is 0 Å². The number of ether oxygens (including phenoxy) is 1. The van der Waals surface area contributed by atoms with Crippen molar-refractivity contribution in [2.75, 3.05) is 32.8 Å². The van der Waals surface area contributed by atoms with Crippen LogP contribution in [0, 0.1) is 5.82 Å². The highest BCUT2D eigenvalue weighted by molar-refractivity contribution is 5.28. The minimum Gasteiger partial charge on any atom is -0.491 e. The molecule has 2 aromatic carbocycles. The maximum atomic E-state index is 12.9. The first kappa shape index (κ1) is 21.7. The molecule has 1 aliphatic rings. The van der Waals surface area contributed by atoms with E-state index in [9.17, 15) is 14.6 Å². The summed E-state index contributed by atoms with van der Waals surface area (Å²) in [5, 5.41) is 23.2. The van der Waals surface area contributed by atoms with Gasteiger partial charge in [-0.15, -0.1) is 0 Å². The number of hydrogen-bond acceptors (Lipinski definition) is 5. The lowest BCUT2D eigenvalue weighted by Crippen LogP contribution is -2.41. The van der Waals surface area contributed by atoms with Gasteiger partial charge in [0.1, 0.15) is 24.3 Å². The molecule has 1 saturated heterocycles. The lowest BCUT2D eigenvalue weighted by atomic mass is 10.1. The molecule has 1 aliphatic heterocycles. The molecule has 1 fully saturated rings. The summed E-state index contributed by atoms with van der Waals surface area (Å²) in [5.41, 5.74) is 2.22. The highest BCUT2D eigenvalue weighted by Gasteiger charge is 2.19. The number of nitrogens with zero attached hydrogens (tertiary/aromatic N) is 1. The number of aliphatic hydroxyl groups excluding tert-OH is 2. The van der Waals surface area contributed by atoms with E-state index < -0.39 is 6.10 Å². The Morgan fingerprint density at radius 3 is 2.62 bits per heavy atom. The molecule has 0 aromatic heterocycles. The van der Waals surface area contributed by atoms with E-state index in [0.717, 1.165) is 62.3 Å². The van der Waals surface area contributed by atoms with Crippen LogP contribution in [-0.2, 0) is 13.0 Å². The minimum atomic E-state index is -0.553. The molecule has 0 saturated carbocycles. The molecule has 0 amide bonds. The van der Waals surface area contributed by atoms with Crippen molar-refractivity contribution >= 4 is 0 Å². The number of nitrogens with one attached hydrogen (secondary N) is 1. The Labute approximate surface area is 172 Å². The Hall–Kier alpha value is -1.99. The number of aliphatic hydroxyl groups is 2. The average Bonchev–Trinajstić information content (AvgIpc) is 2.73. The highest BCUT2D eigenvalue weighted by atomic mass is 19.1. The fourth-order valence-electron chi connectivity index (χ4n) is 3.51. The van der Waals surface area contributed by atoms with E-state index >= 15 is 0 Å². The summed E-state index contributed by atoms with van der Waals surface area (Å²) in [6, 6.07) is 14.4. The number of β-amino-alcohol motifs (C(OH)–C–C–N with tert-alkyl or cyclic N) is 1. The zero-order valence-electron chi connectivity index (χ0n) is 16.8. The molecular formula is C23H31FN2O3. The summed E-state index contributed by atoms with van der Waals surface area (Å²) in [4.78, 5) is 2.17. The first-order valence-corrected chi connectivity index (χ1v) is 10.3. The van der Waals surface area contributed by atoms with Crippen LogP contribution in [0.3, 0.4) is 0 Å². The summed E-state index contributed by atoms with van der Waals surface area (Å²) in [6.07, 6.45) is 1.62. The molecule has 3 N–H and O–H groups in total. The van der Waals surface area contributed by atoms with Crippen LogP contribution in [0.25, 0.3) is 0 Å². The third-order valence-corrected chi connectivity index (χ3v) is 5.20. The maximum Gasteiger partial charge on any atom is 0.123 e. The Morgan fingerprint density at radius 2 is 1.86 bits per heavy atom. The van der Waals surface area contributed by atoms with Gasteiger partial charge in [0.2, 0.25) is 0 Å². The number of rotatable bonds is 10. The van der Waals surface area contributed by atoms with Crippen LogP contribution in [0.2, 0.25) is 0 Å². The van der Waals surface area contributed by atoms with E-state index in [-0.39, 0.29) is 18.5 Å². The van der Waals surface area contributed by atoms with Crippen LogP contribution >= 0.6 is 0 Å². The van der Waals surface area contributed by atoms with E-state index in [0.29, 0.717) is 6.54 Å². The van der Waals surface area contributed by atoms with Gasteiger partial charge in [-0.05, 0) is 61.2 Å². The van der Waals surface area contributed by atoms with Gasteiger partial charge in [-0.3, -0.25) is 0 Å². The van der Waals surface area contributed by atoms with Crippen LogP contribution in [0.4, 0.5) is 4.39 Å². The first-order chi connectivity index (χ1) is 14.1. The highest BCUT2D eigenvalue weighted by Crippen LogP contribution is 2.15. The van der Waals surface area contributed by atoms with Crippen molar-refractivity contribution in [3.05, 3.63) is 65.5 Å². The molecule has 29 heavy (non-hydrogen) atoms. The fourth-order valence-corrected chi connectivity index (χ4v) is 3.51. The molecule has 0 bridgehead atoms. The smallest absolute Gasteiger partial charge is 0.123 e. The van der Waals surface area contributed by atoms with Gasteiger partial charge in [0.05, 0.1) is 6.10 Å². The van der Waals surface area contributed by atoms with Gasteiger partial charge in [-0.2, -0.15) is 0 Å². The van der Waals surface area contributed by atoms with Gasteiger partial charge in [0, 0.05) is 26.2 Å².